The first-order chi connectivity index (χ1) is 7.70. The van der Waals surface area contributed by atoms with Crippen molar-refractivity contribution in [2.45, 2.75) is 24.8 Å². The Kier molecular flexibility index (Phi) is 2.14. The minimum atomic E-state index is -0.428. The van der Waals surface area contributed by atoms with E-state index in [0.717, 1.165) is 35.1 Å². The third-order valence-electron chi connectivity index (χ3n) is 3.28. The number of nitrogens with zero attached hydrogens (tertiary/aromatic N) is 1. The summed E-state index contributed by atoms with van der Waals surface area (Å²) in [6.07, 6.45) is 2.88. The molecule has 1 aliphatic heterocycles. The van der Waals surface area contributed by atoms with Gasteiger partial charge in [0, 0.05) is 10.0 Å². The van der Waals surface area contributed by atoms with Crippen molar-refractivity contribution in [3.8, 4) is 0 Å². The Hall–Kier alpha value is -1.16. The van der Waals surface area contributed by atoms with Gasteiger partial charge in [-0.05, 0) is 31.4 Å². The zero-order chi connectivity index (χ0) is 11.2. The Labute approximate surface area is 102 Å². The second kappa shape index (κ2) is 3.42. The lowest BCUT2D eigenvalue weighted by atomic mass is 9.77. The van der Waals surface area contributed by atoms with Gasteiger partial charge in [-0.2, -0.15) is 0 Å². The molecule has 1 aliphatic carbocycles. The lowest BCUT2D eigenvalue weighted by molar-refractivity contribution is -0.126. The van der Waals surface area contributed by atoms with E-state index in [0.29, 0.717) is 0 Å². The largest absolute Gasteiger partial charge is 0.308 e. The van der Waals surface area contributed by atoms with Gasteiger partial charge < -0.3 is 5.32 Å². The van der Waals surface area contributed by atoms with E-state index < -0.39 is 5.54 Å². The minimum Gasteiger partial charge on any atom is -0.308 e. The Morgan fingerprint density at radius 1 is 1.25 bits per heavy atom. The van der Waals surface area contributed by atoms with Gasteiger partial charge in [0.25, 0.3) is 5.91 Å². The first-order valence-corrected chi connectivity index (χ1v) is 6.16. The van der Waals surface area contributed by atoms with Gasteiger partial charge in [-0.15, -0.1) is 0 Å². The molecule has 0 atom stereocenters. The smallest absolute Gasteiger partial charge is 0.253 e. The number of amidine groups is 1. The van der Waals surface area contributed by atoms with E-state index in [1.54, 1.807) is 0 Å². The summed E-state index contributed by atoms with van der Waals surface area (Å²) >= 11 is 3.39. The minimum absolute atomic E-state index is 0.0664. The summed E-state index contributed by atoms with van der Waals surface area (Å²) in [5.41, 5.74) is 0.544. The molecule has 1 fully saturated rings. The van der Waals surface area contributed by atoms with Gasteiger partial charge in [0.2, 0.25) is 0 Å². The summed E-state index contributed by atoms with van der Waals surface area (Å²) in [6, 6.07) is 7.83. The molecule has 16 heavy (non-hydrogen) atoms. The quantitative estimate of drug-likeness (QED) is 0.841. The second-order valence-corrected chi connectivity index (χ2v) is 5.22. The molecule has 1 heterocycles. The Bertz CT molecular complexity index is 474. The topological polar surface area (TPSA) is 41.5 Å². The van der Waals surface area contributed by atoms with Gasteiger partial charge in [0.15, 0.2) is 0 Å². The maximum atomic E-state index is 11.8. The summed E-state index contributed by atoms with van der Waals surface area (Å²) < 4.78 is 1.03. The molecule has 0 radical (unpaired) electrons. The number of halogens is 1. The fourth-order valence-electron chi connectivity index (χ4n) is 2.11. The highest BCUT2D eigenvalue weighted by molar-refractivity contribution is 9.10. The van der Waals surface area contributed by atoms with Crippen molar-refractivity contribution in [2.24, 2.45) is 4.99 Å². The van der Waals surface area contributed by atoms with E-state index in [4.69, 9.17) is 0 Å². The summed E-state index contributed by atoms with van der Waals surface area (Å²) in [5, 5.41) is 2.88. The number of hydrogen-bond acceptors (Lipinski definition) is 2. The van der Waals surface area contributed by atoms with Crippen molar-refractivity contribution in [3.05, 3.63) is 34.3 Å². The highest BCUT2D eigenvalue weighted by Gasteiger charge is 2.48. The predicted molar refractivity (Wildman–Crippen MR) is 65.4 cm³/mol. The van der Waals surface area contributed by atoms with Gasteiger partial charge in [-0.3, -0.25) is 9.79 Å². The highest BCUT2D eigenvalue weighted by Crippen LogP contribution is 2.38. The molecule has 1 N–H and O–H groups in total. The normalized spacial score (nSPS) is 21.6. The van der Waals surface area contributed by atoms with E-state index in [1.807, 2.05) is 24.3 Å². The molecule has 0 saturated heterocycles. The van der Waals surface area contributed by atoms with Crippen LogP contribution in [0.2, 0.25) is 0 Å². The molecule has 1 aromatic carbocycles. The summed E-state index contributed by atoms with van der Waals surface area (Å²) in [5.74, 6) is 0.786. The van der Waals surface area contributed by atoms with Crippen molar-refractivity contribution in [2.75, 3.05) is 0 Å². The van der Waals surface area contributed by atoms with Crippen LogP contribution in [0.4, 0.5) is 0 Å². The van der Waals surface area contributed by atoms with E-state index in [1.165, 1.54) is 0 Å². The van der Waals surface area contributed by atoms with E-state index in [9.17, 15) is 4.79 Å². The average Bonchev–Trinajstić information content (AvgIpc) is 2.57. The third-order valence-corrected chi connectivity index (χ3v) is 3.81. The van der Waals surface area contributed by atoms with Gasteiger partial charge in [-0.1, -0.05) is 28.1 Å². The molecule has 1 saturated carbocycles. The number of nitrogens with one attached hydrogen (secondary N) is 1. The second-order valence-electron chi connectivity index (χ2n) is 4.31. The maximum Gasteiger partial charge on any atom is 0.253 e. The van der Waals surface area contributed by atoms with Crippen LogP contribution in [0.15, 0.2) is 33.7 Å². The Morgan fingerprint density at radius 2 is 1.94 bits per heavy atom. The van der Waals surface area contributed by atoms with Crippen LogP contribution < -0.4 is 5.32 Å². The van der Waals surface area contributed by atoms with E-state index in [2.05, 4.69) is 26.2 Å². The molecule has 2 aliphatic rings. The maximum absolute atomic E-state index is 11.8. The van der Waals surface area contributed by atoms with Gasteiger partial charge in [0.1, 0.15) is 11.4 Å². The van der Waals surface area contributed by atoms with Crippen LogP contribution in [0.5, 0.6) is 0 Å². The molecule has 3 rings (SSSR count). The van der Waals surface area contributed by atoms with E-state index in [-0.39, 0.29) is 5.91 Å². The van der Waals surface area contributed by atoms with Crippen LogP contribution >= 0.6 is 15.9 Å². The zero-order valence-electron chi connectivity index (χ0n) is 8.66. The van der Waals surface area contributed by atoms with Crippen molar-refractivity contribution < 1.29 is 4.79 Å². The molecule has 1 amide bonds. The van der Waals surface area contributed by atoms with Crippen LogP contribution in [0.1, 0.15) is 24.8 Å². The van der Waals surface area contributed by atoms with Crippen LogP contribution in [0.3, 0.4) is 0 Å². The number of amides is 1. The number of aliphatic imine (C=N–C) groups is 1. The van der Waals surface area contributed by atoms with Crippen molar-refractivity contribution in [1.29, 1.82) is 0 Å². The van der Waals surface area contributed by atoms with Gasteiger partial charge in [-0.25, -0.2) is 0 Å². The first kappa shape index (κ1) is 10.0. The first-order valence-electron chi connectivity index (χ1n) is 5.37. The Morgan fingerprint density at radius 3 is 2.44 bits per heavy atom. The number of benzene rings is 1. The predicted octanol–water partition coefficient (Wildman–Crippen LogP) is 2.25. The van der Waals surface area contributed by atoms with Crippen molar-refractivity contribution in [1.82, 2.24) is 5.32 Å². The molecule has 0 bridgehead atoms. The number of rotatable bonds is 1. The molecule has 0 unspecified atom stereocenters. The van der Waals surface area contributed by atoms with Gasteiger partial charge in [0.05, 0.1) is 0 Å². The standard InChI is InChI=1S/C12H11BrN2O/c13-9-4-2-8(3-5-9)10-14-11(16)12(15-10)6-1-7-12/h2-5H,1,6-7H2,(H,14,15,16). The summed E-state index contributed by atoms with van der Waals surface area (Å²) in [4.78, 5) is 16.3. The number of carbonyl (C=O) groups is 1. The highest BCUT2D eigenvalue weighted by atomic mass is 79.9. The third kappa shape index (κ3) is 1.40. The molecule has 3 nitrogen and oxygen atoms in total. The molecular weight excluding hydrogens is 268 g/mol. The molecule has 0 aromatic heterocycles. The van der Waals surface area contributed by atoms with Gasteiger partial charge >= 0.3 is 0 Å². The number of carbonyl (C=O) groups excluding carboxylic acids is 1. The van der Waals surface area contributed by atoms with Crippen molar-refractivity contribution >= 4 is 27.7 Å². The molecule has 1 aromatic rings. The molecule has 82 valence electrons. The zero-order valence-corrected chi connectivity index (χ0v) is 10.3. The monoisotopic (exact) mass is 278 g/mol. The molecule has 1 spiro atoms. The van der Waals surface area contributed by atoms with E-state index >= 15 is 0 Å². The lowest BCUT2D eigenvalue weighted by Gasteiger charge is -2.31. The fraction of sp³-hybridized carbons (Fsp3) is 0.333. The molecule has 4 heteroatoms. The van der Waals surface area contributed by atoms with Crippen LogP contribution in [0.25, 0.3) is 0 Å². The van der Waals surface area contributed by atoms with Crippen LogP contribution in [0, 0.1) is 0 Å². The fourth-order valence-corrected chi connectivity index (χ4v) is 2.38. The number of hydrogen-bond donors (Lipinski definition) is 1. The molecular formula is C12H11BrN2O. The lowest BCUT2D eigenvalue weighted by Crippen LogP contribution is -2.45. The SMILES string of the molecule is O=C1NC(c2ccc(Br)cc2)=NC12CCC2. The Balaban J connectivity index is 1.94. The summed E-state index contributed by atoms with van der Waals surface area (Å²) in [6.45, 7) is 0. The van der Waals surface area contributed by atoms with Crippen LogP contribution in [-0.2, 0) is 4.79 Å². The summed E-state index contributed by atoms with van der Waals surface area (Å²) in [7, 11) is 0. The van der Waals surface area contributed by atoms with Crippen molar-refractivity contribution in [3.63, 3.8) is 0 Å². The average molecular weight is 279 g/mol. The van der Waals surface area contributed by atoms with Crippen LogP contribution in [-0.4, -0.2) is 17.3 Å².